The van der Waals surface area contributed by atoms with E-state index >= 15 is 0 Å². The van der Waals surface area contributed by atoms with Crippen molar-refractivity contribution in [1.82, 2.24) is 0 Å². The molecule has 10 heteroatoms. The predicted molar refractivity (Wildman–Crippen MR) is 154 cm³/mol. The van der Waals surface area contributed by atoms with Gasteiger partial charge in [-0.3, -0.25) is 4.79 Å². The van der Waals surface area contributed by atoms with Crippen molar-refractivity contribution in [3.63, 3.8) is 0 Å². The number of halogens is 2. The normalized spacial score (nSPS) is 15.0. The van der Waals surface area contributed by atoms with E-state index in [0.29, 0.717) is 22.4 Å². The number of ether oxygens (including phenoxy) is 3. The van der Waals surface area contributed by atoms with Crippen LogP contribution in [0.2, 0.25) is 5.02 Å². The Bertz CT molecular complexity index is 1550. The molecule has 1 amide bonds. The summed E-state index contributed by atoms with van der Waals surface area (Å²) in [5.74, 6) is -1.57. The smallest absolute Gasteiger partial charge is 0.344 e. The summed E-state index contributed by atoms with van der Waals surface area (Å²) in [6, 6.07) is 16.0. The van der Waals surface area contributed by atoms with Crippen molar-refractivity contribution in [2.24, 2.45) is 4.99 Å². The molecule has 0 unspecified atom stereocenters. The Morgan fingerprint density at radius 3 is 2.55 bits per heavy atom. The Labute approximate surface area is 239 Å². The molecular weight excluding hydrogens is 557 g/mol. The number of hydrogen-bond donors (Lipinski definition) is 1. The lowest BCUT2D eigenvalue weighted by Gasteiger charge is -2.14. The number of benzene rings is 3. The van der Waals surface area contributed by atoms with Gasteiger partial charge in [0.25, 0.3) is 5.91 Å². The number of esters is 1. The highest BCUT2D eigenvalue weighted by molar-refractivity contribution is 8.18. The molecule has 0 spiro atoms. The van der Waals surface area contributed by atoms with Gasteiger partial charge in [-0.25, -0.2) is 14.2 Å². The number of carbonyl (C=O) groups excluding carboxylic acids is 2. The highest BCUT2D eigenvalue weighted by Gasteiger charge is 2.34. The van der Waals surface area contributed by atoms with Gasteiger partial charge in [-0.15, -0.1) is 0 Å². The van der Waals surface area contributed by atoms with Crippen LogP contribution in [0.25, 0.3) is 6.08 Å². The third-order valence-corrected chi connectivity index (χ3v) is 6.99. The first kappa shape index (κ1) is 28.9. The molecule has 3 aromatic carbocycles. The molecule has 40 heavy (non-hydrogen) atoms. The van der Waals surface area contributed by atoms with Gasteiger partial charge >= 0.3 is 5.97 Å². The van der Waals surface area contributed by atoms with Gasteiger partial charge in [-0.1, -0.05) is 53.2 Å². The minimum atomic E-state index is -0.803. The minimum Gasteiger partial charge on any atom is -0.506 e. The van der Waals surface area contributed by atoms with Gasteiger partial charge in [-0.2, -0.15) is 0 Å². The molecule has 1 heterocycles. The molecule has 1 aliphatic heterocycles. The van der Waals surface area contributed by atoms with Crippen LogP contribution in [0.5, 0.6) is 11.5 Å². The van der Waals surface area contributed by atoms with E-state index in [1.807, 2.05) is 6.92 Å². The fourth-order valence-corrected chi connectivity index (χ4v) is 5.03. The summed E-state index contributed by atoms with van der Waals surface area (Å²) >= 11 is 7.45. The summed E-state index contributed by atoms with van der Waals surface area (Å²) in [7, 11) is 1.44. The third-order valence-electron chi connectivity index (χ3n) is 5.69. The second-order valence-electron chi connectivity index (χ2n) is 8.60. The number of nitrogens with zero attached hydrogens (tertiary/aromatic N) is 1. The van der Waals surface area contributed by atoms with Crippen molar-refractivity contribution in [2.45, 2.75) is 20.5 Å². The zero-order valence-corrected chi connectivity index (χ0v) is 23.4. The summed E-state index contributed by atoms with van der Waals surface area (Å²) in [6.07, 6.45) is 1.57. The van der Waals surface area contributed by atoms with Crippen LogP contribution in [0, 0.1) is 12.7 Å². The summed E-state index contributed by atoms with van der Waals surface area (Å²) < 4.78 is 29.9. The number of carbonyl (C=O) groups is 2. The molecule has 3 aromatic rings. The number of aliphatic imine (C=N–C) groups is 1. The summed E-state index contributed by atoms with van der Waals surface area (Å²) in [5, 5.41) is 11.2. The number of amides is 1. The van der Waals surface area contributed by atoms with E-state index in [4.69, 9.17) is 25.8 Å². The van der Waals surface area contributed by atoms with E-state index in [9.17, 15) is 19.1 Å². The second-order valence-corrected chi connectivity index (χ2v) is 10.0. The number of thioether (sulfide) groups is 1. The average molecular weight is 582 g/mol. The van der Waals surface area contributed by atoms with Crippen molar-refractivity contribution >= 4 is 46.4 Å². The first-order valence-electron chi connectivity index (χ1n) is 12.1. The number of rotatable bonds is 8. The van der Waals surface area contributed by atoms with E-state index in [0.717, 1.165) is 17.3 Å². The summed E-state index contributed by atoms with van der Waals surface area (Å²) in [5.41, 5.74) is 2.24. The van der Waals surface area contributed by atoms with Crippen LogP contribution in [0.4, 0.5) is 4.39 Å². The van der Waals surface area contributed by atoms with Crippen LogP contribution in [0.15, 0.2) is 81.9 Å². The molecule has 0 bridgehead atoms. The molecule has 0 aliphatic carbocycles. The monoisotopic (exact) mass is 581 g/mol. The second kappa shape index (κ2) is 12.8. The fraction of sp³-hybridized carbons (Fsp3) is 0.167. The molecule has 0 saturated carbocycles. The molecule has 0 saturated heterocycles. The Balaban J connectivity index is 1.65. The van der Waals surface area contributed by atoms with Gasteiger partial charge in [-0.05, 0) is 67.4 Å². The molecule has 0 aromatic heterocycles. The standard InChI is InChI=1S/C30H25ClFNO6S/c1-4-38-30(36)25-26(34)24(40-29(25)33-28(35)20-10-8-17(2)9-11-20)15-19-13-22(31)27(23(14-19)37-3)39-16-18-6-5-7-21(32)12-18/h5-15,34H,4,16H2,1-3H3/b24-15-,33-29?. The number of aliphatic hydroxyl groups excluding tert-OH is 1. The Morgan fingerprint density at radius 2 is 1.88 bits per heavy atom. The molecule has 1 aliphatic rings. The van der Waals surface area contributed by atoms with E-state index in [-0.39, 0.29) is 51.1 Å². The topological polar surface area (TPSA) is 94.4 Å². The molecule has 0 fully saturated rings. The Kier molecular flexibility index (Phi) is 9.29. The number of hydrogen-bond acceptors (Lipinski definition) is 7. The van der Waals surface area contributed by atoms with Gasteiger partial charge in [0.05, 0.1) is 23.6 Å². The zero-order valence-electron chi connectivity index (χ0n) is 21.9. The van der Waals surface area contributed by atoms with Crippen LogP contribution in [0.1, 0.15) is 34.0 Å². The summed E-state index contributed by atoms with van der Waals surface area (Å²) in [4.78, 5) is 29.9. The van der Waals surface area contributed by atoms with E-state index < -0.39 is 11.9 Å². The van der Waals surface area contributed by atoms with E-state index in [2.05, 4.69) is 4.99 Å². The SMILES string of the molecule is CCOC(=O)C1=C(O)/C(=C/c2cc(Cl)c(OCc3cccc(F)c3)c(OC)c2)SC1=NC(=O)c1ccc(C)cc1. The van der Waals surface area contributed by atoms with Gasteiger partial charge in [0.15, 0.2) is 11.5 Å². The Hall–Kier alpha value is -4.08. The first-order chi connectivity index (χ1) is 19.2. The van der Waals surface area contributed by atoms with Gasteiger partial charge in [0, 0.05) is 5.56 Å². The number of methoxy groups -OCH3 is 1. The predicted octanol–water partition coefficient (Wildman–Crippen LogP) is 7.08. The minimum absolute atomic E-state index is 0.0147. The van der Waals surface area contributed by atoms with E-state index in [1.54, 1.807) is 61.5 Å². The number of aliphatic hydroxyl groups is 1. The first-order valence-corrected chi connectivity index (χ1v) is 13.3. The average Bonchev–Trinajstić information content (AvgIpc) is 3.22. The third kappa shape index (κ3) is 6.73. The highest BCUT2D eigenvalue weighted by Crippen LogP contribution is 2.42. The quantitative estimate of drug-likeness (QED) is 0.284. The van der Waals surface area contributed by atoms with Crippen molar-refractivity contribution in [3.05, 3.63) is 110 Å². The zero-order chi connectivity index (χ0) is 28.8. The molecular formula is C30H25ClFNO6S. The van der Waals surface area contributed by atoms with Crippen molar-refractivity contribution < 1.29 is 33.3 Å². The highest BCUT2D eigenvalue weighted by atomic mass is 35.5. The maximum atomic E-state index is 13.5. The maximum absolute atomic E-state index is 13.5. The largest absolute Gasteiger partial charge is 0.506 e. The van der Waals surface area contributed by atoms with Crippen LogP contribution in [-0.2, 0) is 16.1 Å². The van der Waals surface area contributed by atoms with E-state index in [1.165, 1.54) is 19.2 Å². The lowest BCUT2D eigenvalue weighted by atomic mass is 10.1. The van der Waals surface area contributed by atoms with Gasteiger partial charge in [0.2, 0.25) is 0 Å². The van der Waals surface area contributed by atoms with Crippen molar-refractivity contribution in [1.29, 1.82) is 0 Å². The van der Waals surface area contributed by atoms with Crippen LogP contribution in [0.3, 0.4) is 0 Å². The lowest BCUT2D eigenvalue weighted by molar-refractivity contribution is -0.138. The van der Waals surface area contributed by atoms with Crippen LogP contribution >= 0.6 is 23.4 Å². The van der Waals surface area contributed by atoms with Crippen molar-refractivity contribution in [2.75, 3.05) is 13.7 Å². The van der Waals surface area contributed by atoms with Crippen LogP contribution < -0.4 is 9.47 Å². The molecule has 0 atom stereocenters. The molecule has 4 rings (SSSR count). The number of aryl methyl sites for hydroxylation is 1. The molecule has 206 valence electrons. The Morgan fingerprint density at radius 1 is 1.12 bits per heavy atom. The molecule has 7 nitrogen and oxygen atoms in total. The van der Waals surface area contributed by atoms with Gasteiger partial charge in [0.1, 0.15) is 28.8 Å². The summed E-state index contributed by atoms with van der Waals surface area (Å²) in [6.45, 7) is 3.66. The van der Waals surface area contributed by atoms with Gasteiger partial charge < -0.3 is 19.3 Å². The van der Waals surface area contributed by atoms with Crippen molar-refractivity contribution in [3.8, 4) is 11.5 Å². The molecule has 1 N–H and O–H groups in total. The lowest BCUT2D eigenvalue weighted by Crippen LogP contribution is -2.14. The molecule has 0 radical (unpaired) electrons. The fourth-order valence-electron chi connectivity index (χ4n) is 3.74. The van der Waals surface area contributed by atoms with Crippen LogP contribution in [-0.4, -0.2) is 35.7 Å². The maximum Gasteiger partial charge on any atom is 0.344 e.